The predicted molar refractivity (Wildman–Crippen MR) is 109 cm³/mol. The Hall–Kier alpha value is -3.14. The van der Waals surface area contributed by atoms with Crippen molar-refractivity contribution in [2.75, 3.05) is 32.4 Å². The van der Waals surface area contributed by atoms with Gasteiger partial charge >= 0.3 is 0 Å². The van der Waals surface area contributed by atoms with E-state index in [4.69, 9.17) is 18.9 Å². The lowest BCUT2D eigenvalue weighted by Crippen LogP contribution is -2.21. The summed E-state index contributed by atoms with van der Waals surface area (Å²) in [4.78, 5) is 6.10. The highest BCUT2D eigenvalue weighted by Gasteiger charge is 2.22. The zero-order chi connectivity index (χ0) is 21.8. The summed E-state index contributed by atoms with van der Waals surface area (Å²) in [5.41, 5.74) is 0.525. The maximum atomic E-state index is 14.5. The first-order valence-electron chi connectivity index (χ1n) is 9.96. The lowest BCUT2D eigenvalue weighted by molar-refractivity contribution is -0.0394. The molecule has 166 valence electrons. The van der Waals surface area contributed by atoms with Gasteiger partial charge in [0, 0.05) is 18.9 Å². The smallest absolute Gasteiger partial charge is 0.174 e. The number of methoxy groups -OCH3 is 2. The van der Waals surface area contributed by atoms with Crippen LogP contribution in [-0.2, 0) is 16.1 Å². The van der Waals surface area contributed by atoms with E-state index >= 15 is 0 Å². The van der Waals surface area contributed by atoms with Crippen molar-refractivity contribution in [2.24, 2.45) is 4.99 Å². The van der Waals surface area contributed by atoms with Gasteiger partial charge < -0.3 is 23.8 Å². The van der Waals surface area contributed by atoms with E-state index < -0.39 is 11.6 Å². The first-order valence-corrected chi connectivity index (χ1v) is 9.96. The molecular weight excluding hydrogens is 410 g/mol. The molecule has 1 fully saturated rings. The average molecular weight is 434 g/mol. The second-order valence-electron chi connectivity index (χ2n) is 7.13. The number of benzene rings is 1. The number of halogens is 2. The van der Waals surface area contributed by atoms with E-state index in [0.29, 0.717) is 12.4 Å². The molecule has 0 amide bonds. The van der Waals surface area contributed by atoms with Crippen molar-refractivity contribution < 1.29 is 27.7 Å². The third-order valence-electron chi connectivity index (χ3n) is 5.15. The number of hydrogen-bond donors (Lipinski definition) is 0. The predicted octanol–water partition coefficient (Wildman–Crippen LogP) is 3.78. The largest absolute Gasteiger partial charge is 0.494 e. The summed E-state index contributed by atoms with van der Waals surface area (Å²) >= 11 is 0. The van der Waals surface area contributed by atoms with Crippen LogP contribution in [0.15, 0.2) is 35.4 Å². The zero-order valence-electron chi connectivity index (χ0n) is 17.4. The highest BCUT2D eigenvalue weighted by atomic mass is 19.1. The van der Waals surface area contributed by atoms with E-state index in [2.05, 4.69) is 10.1 Å². The third kappa shape index (κ3) is 4.48. The van der Waals surface area contributed by atoms with Gasteiger partial charge in [-0.05, 0) is 19.3 Å². The number of anilines is 1. The minimum atomic E-state index is -0.834. The van der Waals surface area contributed by atoms with Crippen molar-refractivity contribution in [3.05, 3.63) is 47.6 Å². The number of nitrogens with zero attached hydrogens (tertiary/aromatic N) is 4. The van der Waals surface area contributed by atoms with Crippen LogP contribution in [0.5, 0.6) is 11.5 Å². The highest BCUT2D eigenvalue weighted by molar-refractivity contribution is 5.78. The van der Waals surface area contributed by atoms with Gasteiger partial charge in [0.2, 0.25) is 0 Å². The second kappa shape index (κ2) is 9.34. The fourth-order valence-corrected chi connectivity index (χ4v) is 3.46. The van der Waals surface area contributed by atoms with Crippen LogP contribution in [0.3, 0.4) is 0 Å². The molecule has 3 heterocycles. The maximum Gasteiger partial charge on any atom is 0.174 e. The summed E-state index contributed by atoms with van der Waals surface area (Å²) in [5, 5.41) is 4.40. The van der Waals surface area contributed by atoms with E-state index in [1.54, 1.807) is 17.1 Å². The molecule has 1 saturated heterocycles. The normalized spacial score (nSPS) is 18.6. The van der Waals surface area contributed by atoms with Gasteiger partial charge in [-0.3, -0.25) is 4.99 Å². The summed E-state index contributed by atoms with van der Waals surface area (Å²) in [7, 11) is 2.60. The molecule has 1 atom stereocenters. The molecule has 2 aliphatic rings. The first-order chi connectivity index (χ1) is 15.1. The standard InChI is InChI=1S/C21H24F2N4O4/c1-28-17-7-18(29-2)21(23)16(20(17)22)12-31-15-9-24-13-26(11-15)14-8-25-27(10-14)19-5-3-4-6-30-19/h7-11,19H,3-6,12-13H2,1-2H3. The van der Waals surface area contributed by atoms with Crippen LogP contribution in [0.4, 0.5) is 14.5 Å². The highest BCUT2D eigenvalue weighted by Crippen LogP contribution is 2.32. The van der Waals surface area contributed by atoms with Crippen molar-refractivity contribution >= 4 is 11.9 Å². The molecule has 2 aromatic rings. The van der Waals surface area contributed by atoms with Crippen LogP contribution >= 0.6 is 0 Å². The number of hydrogen-bond acceptors (Lipinski definition) is 7. The van der Waals surface area contributed by atoms with Crippen LogP contribution in [0.1, 0.15) is 31.1 Å². The molecule has 31 heavy (non-hydrogen) atoms. The summed E-state index contributed by atoms with van der Waals surface area (Å²) in [6, 6.07) is 1.16. The summed E-state index contributed by atoms with van der Waals surface area (Å²) < 4.78 is 52.2. The molecule has 0 saturated carbocycles. The topological polar surface area (TPSA) is 70.3 Å². The SMILES string of the molecule is COc1cc(OC)c(F)c(COC2=CN(c3cnn(C4CCCCO4)c3)CN=C2)c1F. The third-order valence-corrected chi connectivity index (χ3v) is 5.15. The Morgan fingerprint density at radius 2 is 1.94 bits per heavy atom. The van der Waals surface area contributed by atoms with Crippen molar-refractivity contribution in [2.45, 2.75) is 32.1 Å². The molecule has 2 aliphatic heterocycles. The number of rotatable bonds is 7. The van der Waals surface area contributed by atoms with Crippen LogP contribution in [0.2, 0.25) is 0 Å². The Bertz CT molecular complexity index is 958. The maximum absolute atomic E-state index is 14.5. The lowest BCUT2D eigenvalue weighted by Gasteiger charge is -2.23. The molecule has 10 heteroatoms. The Morgan fingerprint density at radius 3 is 2.61 bits per heavy atom. The number of aromatic nitrogens is 2. The molecule has 1 aromatic carbocycles. The molecule has 0 aliphatic carbocycles. The molecule has 0 bridgehead atoms. The van der Waals surface area contributed by atoms with Crippen LogP contribution < -0.4 is 14.4 Å². The fourth-order valence-electron chi connectivity index (χ4n) is 3.46. The van der Waals surface area contributed by atoms with Gasteiger partial charge in [-0.15, -0.1) is 0 Å². The van der Waals surface area contributed by atoms with Gasteiger partial charge in [-0.1, -0.05) is 0 Å². The van der Waals surface area contributed by atoms with E-state index in [0.717, 1.165) is 37.6 Å². The summed E-state index contributed by atoms with van der Waals surface area (Å²) in [6.07, 6.45) is 9.86. The summed E-state index contributed by atoms with van der Waals surface area (Å²) in [5.74, 6) is -1.56. The zero-order valence-corrected chi connectivity index (χ0v) is 17.4. The Kier molecular flexibility index (Phi) is 6.36. The molecule has 4 rings (SSSR count). The van der Waals surface area contributed by atoms with Gasteiger partial charge in [-0.25, -0.2) is 13.5 Å². The van der Waals surface area contributed by atoms with Crippen LogP contribution in [0.25, 0.3) is 0 Å². The van der Waals surface area contributed by atoms with Gasteiger partial charge in [0.15, 0.2) is 28.9 Å². The molecule has 0 radical (unpaired) electrons. The Labute approximate surface area is 178 Å². The lowest BCUT2D eigenvalue weighted by atomic mass is 10.1. The quantitative estimate of drug-likeness (QED) is 0.661. The molecule has 8 nitrogen and oxygen atoms in total. The number of ether oxygens (including phenoxy) is 4. The van der Waals surface area contributed by atoms with Crippen LogP contribution in [0, 0.1) is 11.6 Å². The Balaban J connectivity index is 1.48. The molecular formula is C21H24F2N4O4. The van der Waals surface area contributed by atoms with Crippen molar-refractivity contribution in [1.29, 1.82) is 0 Å². The van der Waals surface area contributed by atoms with Gasteiger partial charge in [0.25, 0.3) is 0 Å². The minimum Gasteiger partial charge on any atom is -0.494 e. The number of aliphatic imine (C=N–C) groups is 1. The van der Waals surface area contributed by atoms with E-state index in [1.165, 1.54) is 20.4 Å². The van der Waals surface area contributed by atoms with E-state index in [-0.39, 0.29) is 29.9 Å². The second-order valence-corrected chi connectivity index (χ2v) is 7.13. The van der Waals surface area contributed by atoms with Gasteiger partial charge in [0.05, 0.1) is 44.1 Å². The minimum absolute atomic E-state index is 0.0653. The van der Waals surface area contributed by atoms with E-state index in [9.17, 15) is 8.78 Å². The van der Waals surface area contributed by atoms with Gasteiger partial charge in [-0.2, -0.15) is 5.10 Å². The first kappa shape index (κ1) is 21.1. The van der Waals surface area contributed by atoms with Crippen molar-refractivity contribution in [3.8, 4) is 11.5 Å². The molecule has 1 aromatic heterocycles. The van der Waals surface area contributed by atoms with Crippen molar-refractivity contribution in [1.82, 2.24) is 9.78 Å². The van der Waals surface area contributed by atoms with Crippen molar-refractivity contribution in [3.63, 3.8) is 0 Å². The molecule has 0 spiro atoms. The van der Waals surface area contributed by atoms with E-state index in [1.807, 2.05) is 11.1 Å². The summed E-state index contributed by atoms with van der Waals surface area (Å²) in [6.45, 7) is 0.750. The monoisotopic (exact) mass is 434 g/mol. The number of allylic oxidation sites excluding steroid dienone is 1. The van der Waals surface area contributed by atoms with Crippen LogP contribution in [-0.4, -0.2) is 43.5 Å². The fraction of sp³-hybridized carbons (Fsp3) is 0.429. The molecule has 0 N–H and O–H groups in total. The average Bonchev–Trinajstić information content (AvgIpc) is 3.30. The Morgan fingerprint density at radius 1 is 1.16 bits per heavy atom. The molecule has 1 unspecified atom stereocenters. The van der Waals surface area contributed by atoms with Gasteiger partial charge in [0.1, 0.15) is 19.5 Å².